The first kappa shape index (κ1) is 8.90. The highest BCUT2D eigenvalue weighted by Crippen LogP contribution is 1.99. The number of carbonyl (C=O) groups is 1. The molecule has 1 aromatic rings. The molecule has 0 radical (unpaired) electrons. The van der Waals surface area contributed by atoms with Gasteiger partial charge in [-0.05, 0) is 0 Å². The number of nitrogens with zero attached hydrogens (tertiary/aromatic N) is 3. The lowest BCUT2D eigenvalue weighted by Gasteiger charge is -2.02. The Morgan fingerprint density at radius 1 is 1.58 bits per heavy atom. The van der Waals surface area contributed by atoms with Gasteiger partial charge >= 0.3 is 0 Å². The second kappa shape index (κ2) is 3.99. The SMILES string of the molecule is CC(C)C(=O)CCn1ccnn1. The maximum absolute atomic E-state index is 11.2. The summed E-state index contributed by atoms with van der Waals surface area (Å²) in [6.45, 7) is 4.45. The van der Waals surface area contributed by atoms with Gasteiger partial charge in [0, 0.05) is 25.1 Å². The van der Waals surface area contributed by atoms with Gasteiger partial charge in [0.2, 0.25) is 0 Å². The van der Waals surface area contributed by atoms with Crippen LogP contribution in [0.15, 0.2) is 12.4 Å². The normalized spacial score (nSPS) is 10.6. The molecule has 66 valence electrons. The number of Topliss-reactive ketones (excluding diaryl/α,β-unsaturated/α-hetero) is 1. The largest absolute Gasteiger partial charge is 0.299 e. The van der Waals surface area contributed by atoms with Crippen LogP contribution in [-0.2, 0) is 11.3 Å². The van der Waals surface area contributed by atoms with Gasteiger partial charge in [-0.2, -0.15) is 0 Å². The number of hydrogen-bond acceptors (Lipinski definition) is 3. The summed E-state index contributed by atoms with van der Waals surface area (Å²) in [6.07, 6.45) is 3.91. The second-order valence-electron chi connectivity index (χ2n) is 3.04. The molecule has 0 aromatic carbocycles. The van der Waals surface area contributed by atoms with Crippen LogP contribution < -0.4 is 0 Å². The molecule has 0 N–H and O–H groups in total. The number of aromatic nitrogens is 3. The van der Waals surface area contributed by atoms with Crippen molar-refractivity contribution in [3.63, 3.8) is 0 Å². The second-order valence-corrected chi connectivity index (χ2v) is 3.04. The molecule has 0 bridgehead atoms. The molecular formula is C8H13N3O. The Bertz CT molecular complexity index is 241. The Balaban J connectivity index is 2.32. The maximum atomic E-state index is 11.2. The molecule has 1 rings (SSSR count). The molecule has 4 nitrogen and oxygen atoms in total. The summed E-state index contributed by atoms with van der Waals surface area (Å²) in [7, 11) is 0. The van der Waals surface area contributed by atoms with E-state index in [9.17, 15) is 4.79 Å². The highest BCUT2D eigenvalue weighted by atomic mass is 16.1. The van der Waals surface area contributed by atoms with Gasteiger partial charge in [0.25, 0.3) is 0 Å². The lowest BCUT2D eigenvalue weighted by atomic mass is 10.1. The Hall–Kier alpha value is -1.19. The van der Waals surface area contributed by atoms with Crippen molar-refractivity contribution in [1.29, 1.82) is 0 Å². The first-order chi connectivity index (χ1) is 5.70. The minimum absolute atomic E-state index is 0.119. The average Bonchev–Trinajstić information content (AvgIpc) is 2.51. The van der Waals surface area contributed by atoms with E-state index in [2.05, 4.69) is 10.3 Å². The summed E-state index contributed by atoms with van der Waals surface area (Å²) in [4.78, 5) is 11.2. The minimum Gasteiger partial charge on any atom is -0.299 e. The third-order valence-corrected chi connectivity index (χ3v) is 1.70. The zero-order chi connectivity index (χ0) is 8.97. The summed E-state index contributed by atoms with van der Waals surface area (Å²) in [5.74, 6) is 0.388. The van der Waals surface area contributed by atoms with Crippen LogP contribution in [0.1, 0.15) is 20.3 Å². The fraction of sp³-hybridized carbons (Fsp3) is 0.625. The summed E-state index contributed by atoms with van der Waals surface area (Å²) in [6, 6.07) is 0. The Morgan fingerprint density at radius 3 is 2.83 bits per heavy atom. The summed E-state index contributed by atoms with van der Waals surface area (Å²) < 4.78 is 1.67. The van der Waals surface area contributed by atoms with E-state index in [1.54, 1.807) is 17.1 Å². The van der Waals surface area contributed by atoms with E-state index in [1.165, 1.54) is 0 Å². The molecule has 0 aliphatic carbocycles. The van der Waals surface area contributed by atoms with Gasteiger partial charge in [0.1, 0.15) is 5.78 Å². The Kier molecular flexibility index (Phi) is 2.96. The van der Waals surface area contributed by atoms with Crippen LogP contribution in [0, 0.1) is 5.92 Å². The van der Waals surface area contributed by atoms with E-state index in [4.69, 9.17) is 0 Å². The van der Waals surface area contributed by atoms with E-state index >= 15 is 0 Å². The van der Waals surface area contributed by atoms with Crippen LogP contribution in [0.5, 0.6) is 0 Å². The van der Waals surface area contributed by atoms with E-state index < -0.39 is 0 Å². The van der Waals surface area contributed by atoms with E-state index in [0.717, 1.165) is 0 Å². The zero-order valence-corrected chi connectivity index (χ0v) is 7.40. The molecule has 12 heavy (non-hydrogen) atoms. The van der Waals surface area contributed by atoms with Gasteiger partial charge in [0.15, 0.2) is 0 Å². The molecule has 0 saturated heterocycles. The number of hydrogen-bond donors (Lipinski definition) is 0. The van der Waals surface area contributed by atoms with Crippen LogP contribution in [0.4, 0.5) is 0 Å². The third kappa shape index (κ3) is 2.45. The van der Waals surface area contributed by atoms with Crippen molar-refractivity contribution in [2.24, 2.45) is 5.92 Å². The van der Waals surface area contributed by atoms with E-state index in [1.807, 2.05) is 13.8 Å². The molecule has 0 atom stereocenters. The van der Waals surface area contributed by atoms with Crippen molar-refractivity contribution >= 4 is 5.78 Å². The quantitative estimate of drug-likeness (QED) is 0.669. The van der Waals surface area contributed by atoms with Crippen molar-refractivity contribution in [2.45, 2.75) is 26.8 Å². The van der Waals surface area contributed by atoms with Crippen molar-refractivity contribution in [2.75, 3.05) is 0 Å². The van der Waals surface area contributed by atoms with E-state index in [0.29, 0.717) is 13.0 Å². The number of carbonyl (C=O) groups excluding carboxylic acids is 1. The zero-order valence-electron chi connectivity index (χ0n) is 7.40. The predicted octanol–water partition coefficient (Wildman–Crippen LogP) is 0.893. The van der Waals surface area contributed by atoms with Crippen LogP contribution in [0.2, 0.25) is 0 Å². The smallest absolute Gasteiger partial charge is 0.137 e. The number of rotatable bonds is 4. The molecule has 1 aromatic heterocycles. The topological polar surface area (TPSA) is 47.8 Å². The monoisotopic (exact) mass is 167 g/mol. The number of aryl methyl sites for hydroxylation is 1. The Labute approximate surface area is 71.6 Å². The van der Waals surface area contributed by atoms with Crippen molar-refractivity contribution in [3.8, 4) is 0 Å². The number of ketones is 1. The van der Waals surface area contributed by atoms with Gasteiger partial charge in [-0.15, -0.1) is 5.10 Å². The molecular weight excluding hydrogens is 154 g/mol. The van der Waals surface area contributed by atoms with Gasteiger partial charge in [0.05, 0.1) is 6.20 Å². The predicted molar refractivity (Wildman–Crippen MR) is 44.5 cm³/mol. The van der Waals surface area contributed by atoms with Crippen LogP contribution in [0.3, 0.4) is 0 Å². The third-order valence-electron chi connectivity index (χ3n) is 1.70. The first-order valence-corrected chi connectivity index (χ1v) is 4.07. The van der Waals surface area contributed by atoms with Crippen LogP contribution >= 0.6 is 0 Å². The first-order valence-electron chi connectivity index (χ1n) is 4.07. The highest BCUT2D eigenvalue weighted by Gasteiger charge is 2.06. The molecule has 0 amide bonds. The van der Waals surface area contributed by atoms with Gasteiger partial charge in [-0.1, -0.05) is 19.1 Å². The fourth-order valence-electron chi connectivity index (χ4n) is 0.865. The van der Waals surface area contributed by atoms with Gasteiger partial charge in [-0.25, -0.2) is 0 Å². The molecule has 0 saturated carbocycles. The standard InChI is InChI=1S/C8H13N3O/c1-7(2)8(12)3-5-11-6-4-9-10-11/h4,6-7H,3,5H2,1-2H3. The van der Waals surface area contributed by atoms with Crippen molar-refractivity contribution in [1.82, 2.24) is 15.0 Å². The van der Waals surface area contributed by atoms with E-state index in [-0.39, 0.29) is 11.7 Å². The Morgan fingerprint density at radius 2 is 2.33 bits per heavy atom. The summed E-state index contributed by atoms with van der Waals surface area (Å²) in [5.41, 5.74) is 0. The van der Waals surface area contributed by atoms with Gasteiger partial charge < -0.3 is 0 Å². The van der Waals surface area contributed by atoms with Crippen LogP contribution in [-0.4, -0.2) is 20.8 Å². The fourth-order valence-corrected chi connectivity index (χ4v) is 0.865. The molecule has 0 unspecified atom stereocenters. The summed E-state index contributed by atoms with van der Waals surface area (Å²) in [5, 5.41) is 7.41. The van der Waals surface area contributed by atoms with Crippen LogP contribution in [0.25, 0.3) is 0 Å². The lowest BCUT2D eigenvalue weighted by Crippen LogP contribution is -2.11. The highest BCUT2D eigenvalue weighted by molar-refractivity contribution is 5.80. The summed E-state index contributed by atoms with van der Waals surface area (Å²) >= 11 is 0. The molecule has 0 aliphatic rings. The maximum Gasteiger partial charge on any atom is 0.137 e. The molecule has 4 heteroatoms. The average molecular weight is 167 g/mol. The van der Waals surface area contributed by atoms with Crippen molar-refractivity contribution < 1.29 is 4.79 Å². The minimum atomic E-state index is 0.119. The van der Waals surface area contributed by atoms with Gasteiger partial charge in [-0.3, -0.25) is 9.48 Å². The lowest BCUT2D eigenvalue weighted by molar-refractivity contribution is -0.122. The molecule has 1 heterocycles. The molecule has 0 fully saturated rings. The van der Waals surface area contributed by atoms with Crippen molar-refractivity contribution in [3.05, 3.63) is 12.4 Å². The molecule has 0 spiro atoms. The molecule has 0 aliphatic heterocycles.